The third kappa shape index (κ3) is 8.28. The molecular weight excluding hydrogens is 187 g/mol. The Balaban J connectivity index is 4.26. The van der Waals surface area contributed by atoms with Crippen LogP contribution in [0.25, 0.3) is 0 Å². The average molecular weight is 192 g/mol. The molecule has 0 spiro atoms. The van der Waals surface area contributed by atoms with Crippen LogP contribution in [-0.2, 0) is 18.1 Å². The van der Waals surface area contributed by atoms with Crippen molar-refractivity contribution in [3.8, 4) is 0 Å². The van der Waals surface area contributed by atoms with Crippen molar-refractivity contribution >= 4 is 26.8 Å². The van der Waals surface area contributed by atoms with Crippen LogP contribution in [0, 0.1) is 0 Å². The molecule has 56 valence electrons. The summed E-state index contributed by atoms with van der Waals surface area (Å²) >= 11 is 0. The Kier molecular flexibility index (Phi) is 2.56. The summed E-state index contributed by atoms with van der Waals surface area (Å²) < 4.78 is 33.1. The van der Waals surface area contributed by atoms with Crippen molar-refractivity contribution in [3.05, 3.63) is 0 Å². The lowest BCUT2D eigenvalue weighted by molar-refractivity contribution is 0.288. The summed E-state index contributed by atoms with van der Waals surface area (Å²) in [4.78, 5) is 15.8. The van der Waals surface area contributed by atoms with E-state index in [9.17, 15) is 13.0 Å². The number of phosphoric acid groups is 1. The van der Waals surface area contributed by atoms with Crippen LogP contribution in [0.4, 0.5) is 0 Å². The first-order valence-corrected chi connectivity index (χ1v) is 7.47. The van der Waals surface area contributed by atoms with Gasteiger partial charge in [-0.25, -0.2) is 13.0 Å². The van der Waals surface area contributed by atoms with E-state index in [4.69, 9.17) is 9.79 Å². The van der Waals surface area contributed by atoms with Gasteiger partial charge in [-0.15, -0.1) is 0 Å². The van der Waals surface area contributed by atoms with Crippen LogP contribution >= 0.6 is 7.82 Å². The number of rotatable bonds is 2. The summed E-state index contributed by atoms with van der Waals surface area (Å²) in [6.07, 6.45) is 0. The minimum atomic E-state index is -4.84. The third-order valence-corrected chi connectivity index (χ3v) is 3.43. The highest BCUT2D eigenvalue weighted by molar-refractivity contribution is 8.10. The molecule has 0 aromatic heterocycles. The highest BCUT2D eigenvalue weighted by Crippen LogP contribution is 2.37. The molecule has 9 heavy (non-hydrogen) atoms. The maximum Gasteiger partial charge on any atom is 0.483 e. The lowest BCUT2D eigenvalue weighted by Gasteiger charge is -1.99. The SMILES string of the molecule is O=P(O)(O)OS(=O)(=O)[SiH3]. The van der Waals surface area contributed by atoms with Crippen molar-refractivity contribution in [2.24, 2.45) is 0 Å². The lowest BCUT2D eigenvalue weighted by atomic mass is 15.7. The molecule has 0 amide bonds. The van der Waals surface area contributed by atoms with Gasteiger partial charge in [-0.05, 0) is 0 Å². The quantitative estimate of drug-likeness (QED) is 0.377. The van der Waals surface area contributed by atoms with Gasteiger partial charge in [0.15, 0.2) is 9.39 Å². The van der Waals surface area contributed by atoms with Crippen LogP contribution in [-0.4, -0.2) is 27.6 Å². The molecule has 0 rings (SSSR count). The van der Waals surface area contributed by atoms with Crippen LogP contribution in [0.15, 0.2) is 0 Å². The maximum absolute atomic E-state index is 9.99. The Labute approximate surface area is 54.3 Å². The molecule has 0 aliphatic heterocycles. The normalized spacial score (nSPS) is 14.0. The first-order chi connectivity index (χ1) is 3.71. The summed E-state index contributed by atoms with van der Waals surface area (Å²) in [5.41, 5.74) is 0. The summed E-state index contributed by atoms with van der Waals surface area (Å²) in [6, 6.07) is 0. The van der Waals surface area contributed by atoms with Gasteiger partial charge in [0.2, 0.25) is 9.57 Å². The van der Waals surface area contributed by atoms with Crippen molar-refractivity contribution in [2.45, 2.75) is 0 Å². The second-order valence-electron chi connectivity index (χ2n) is 1.27. The molecule has 0 aromatic rings. The molecule has 0 radical (unpaired) electrons. The second kappa shape index (κ2) is 2.49. The van der Waals surface area contributed by atoms with Gasteiger partial charge in [-0.3, -0.25) is 0 Å². The zero-order valence-electron chi connectivity index (χ0n) is 4.38. The van der Waals surface area contributed by atoms with E-state index in [0.29, 0.717) is 0 Å². The van der Waals surface area contributed by atoms with Gasteiger partial charge in [-0.2, -0.15) is 3.97 Å². The molecule has 6 nitrogen and oxygen atoms in total. The van der Waals surface area contributed by atoms with Crippen molar-refractivity contribution in [2.75, 3.05) is 0 Å². The van der Waals surface area contributed by atoms with Gasteiger partial charge < -0.3 is 9.79 Å². The van der Waals surface area contributed by atoms with E-state index < -0.39 is 26.8 Å². The van der Waals surface area contributed by atoms with E-state index in [2.05, 4.69) is 3.97 Å². The van der Waals surface area contributed by atoms with Crippen molar-refractivity contribution in [3.63, 3.8) is 0 Å². The number of hydrogen-bond donors (Lipinski definition) is 2. The van der Waals surface area contributed by atoms with E-state index in [1.807, 2.05) is 0 Å². The van der Waals surface area contributed by atoms with Gasteiger partial charge >= 0.3 is 7.82 Å². The molecule has 0 aromatic carbocycles. The number of hydrogen-bond acceptors (Lipinski definition) is 4. The minimum absolute atomic E-state index is 0.433. The Morgan fingerprint density at radius 2 is 1.78 bits per heavy atom. The minimum Gasteiger partial charge on any atom is -0.302 e. The smallest absolute Gasteiger partial charge is 0.302 e. The van der Waals surface area contributed by atoms with E-state index in [0.717, 1.165) is 0 Å². The van der Waals surface area contributed by atoms with Crippen LogP contribution < -0.4 is 0 Å². The molecule has 0 aliphatic rings. The largest absolute Gasteiger partial charge is 0.483 e. The third-order valence-electron chi connectivity index (χ3n) is 0.232. The van der Waals surface area contributed by atoms with Crippen LogP contribution in [0.1, 0.15) is 0 Å². The molecule has 2 N–H and O–H groups in total. The second-order valence-corrected chi connectivity index (χ2v) is 7.25. The summed E-state index contributed by atoms with van der Waals surface area (Å²) in [5.74, 6) is 0. The standard InChI is InChI=1S/H5O6PSSi/c1-7(2,3)6-8(4,5)9/h9H3,(H2,1,2,3). The fourth-order valence-electron chi connectivity index (χ4n) is 0.176. The topological polar surface area (TPSA) is 101 Å². The monoisotopic (exact) mass is 192 g/mol. The average Bonchev–Trinajstić information content (AvgIpc) is 1.14. The van der Waals surface area contributed by atoms with Crippen LogP contribution in [0.5, 0.6) is 0 Å². The molecule has 0 atom stereocenters. The highest BCUT2D eigenvalue weighted by atomic mass is 32.4. The van der Waals surface area contributed by atoms with E-state index in [-0.39, 0.29) is 0 Å². The molecule has 0 heterocycles. The molecule has 9 heteroatoms. The molecule has 0 fully saturated rings. The molecule has 0 aliphatic carbocycles. The molecular formula is H5O6PSSi. The van der Waals surface area contributed by atoms with Gasteiger partial charge in [0, 0.05) is 0 Å². The predicted molar refractivity (Wildman–Crippen MR) is 32.0 cm³/mol. The van der Waals surface area contributed by atoms with E-state index in [1.165, 1.54) is 0 Å². The van der Waals surface area contributed by atoms with Gasteiger partial charge in [0.25, 0.3) is 0 Å². The Bertz CT molecular complexity index is 219. The first kappa shape index (κ1) is 9.28. The summed E-state index contributed by atoms with van der Waals surface area (Å²) in [6.45, 7) is 0. The van der Waals surface area contributed by atoms with Gasteiger partial charge in [0.1, 0.15) is 0 Å². The van der Waals surface area contributed by atoms with E-state index >= 15 is 0 Å². The Morgan fingerprint density at radius 3 is 1.78 bits per heavy atom. The molecule has 0 unspecified atom stereocenters. The molecule has 0 bridgehead atoms. The zero-order valence-corrected chi connectivity index (χ0v) is 8.09. The summed E-state index contributed by atoms with van der Waals surface area (Å²) in [5, 5.41) is 0. The lowest BCUT2D eigenvalue weighted by Crippen LogP contribution is -2.01. The Hall–Kier alpha value is 0.277. The Morgan fingerprint density at radius 1 is 1.44 bits per heavy atom. The maximum atomic E-state index is 9.99. The van der Waals surface area contributed by atoms with Crippen molar-refractivity contribution in [1.29, 1.82) is 0 Å². The van der Waals surface area contributed by atoms with Crippen molar-refractivity contribution < 1.29 is 26.7 Å². The fourth-order valence-corrected chi connectivity index (χ4v) is 3.34. The molecule has 0 saturated heterocycles. The van der Waals surface area contributed by atoms with Gasteiger partial charge in [0.05, 0.1) is 0 Å². The zero-order chi connectivity index (χ0) is 7.71. The predicted octanol–water partition coefficient (Wildman–Crippen LogP) is -2.29. The molecule has 0 saturated carbocycles. The van der Waals surface area contributed by atoms with Gasteiger partial charge in [-0.1, -0.05) is 0 Å². The van der Waals surface area contributed by atoms with E-state index in [1.54, 1.807) is 0 Å². The fraction of sp³-hybridized carbons (Fsp3) is 0. The summed E-state index contributed by atoms with van der Waals surface area (Å²) in [7, 11) is -9.18. The first-order valence-electron chi connectivity index (χ1n) is 1.67. The van der Waals surface area contributed by atoms with Crippen LogP contribution in [0.2, 0.25) is 0 Å². The van der Waals surface area contributed by atoms with Crippen molar-refractivity contribution in [1.82, 2.24) is 0 Å². The highest BCUT2D eigenvalue weighted by Gasteiger charge is 2.20. The van der Waals surface area contributed by atoms with Crippen LogP contribution in [0.3, 0.4) is 0 Å².